The van der Waals surface area contributed by atoms with Gasteiger partial charge in [-0.1, -0.05) is 13.8 Å². The van der Waals surface area contributed by atoms with E-state index in [-0.39, 0.29) is 23.5 Å². The average molecular weight is 241 g/mol. The number of nitrogens with two attached hydrogens (primary N) is 1. The fourth-order valence-electron chi connectivity index (χ4n) is 1.36. The molecule has 0 atom stereocenters. The minimum atomic E-state index is -0.787. The van der Waals surface area contributed by atoms with Crippen LogP contribution in [0.4, 0.5) is 8.78 Å². The molecule has 1 aliphatic heterocycles. The van der Waals surface area contributed by atoms with Gasteiger partial charge >= 0.3 is 0 Å². The zero-order valence-electron chi connectivity index (χ0n) is 9.59. The number of ether oxygens (including phenoxy) is 1. The van der Waals surface area contributed by atoms with Gasteiger partial charge < -0.3 is 10.5 Å². The summed E-state index contributed by atoms with van der Waals surface area (Å²) in [5.74, 6) is -2.23. The van der Waals surface area contributed by atoms with Crippen LogP contribution in [0.25, 0.3) is 6.08 Å². The number of amides is 1. The molecule has 0 saturated carbocycles. The fourth-order valence-corrected chi connectivity index (χ4v) is 1.36. The molecule has 2 N–H and O–H groups in total. The quantitative estimate of drug-likeness (QED) is 0.819. The third-order valence-corrected chi connectivity index (χ3v) is 2.06. The molecule has 0 fully saturated rings. The van der Waals surface area contributed by atoms with Gasteiger partial charge in [0.2, 0.25) is 5.91 Å². The number of fused-ring (bicyclic) bond motifs is 1. The molecule has 17 heavy (non-hydrogen) atoms. The Kier molecular flexibility index (Phi) is 4.20. The van der Waals surface area contributed by atoms with Crippen molar-refractivity contribution in [3.63, 3.8) is 0 Å². The van der Waals surface area contributed by atoms with E-state index in [1.807, 2.05) is 13.8 Å². The molecule has 1 amide bonds. The zero-order chi connectivity index (χ0) is 13.0. The van der Waals surface area contributed by atoms with Gasteiger partial charge in [0.1, 0.15) is 12.4 Å². The molecule has 0 aliphatic carbocycles. The number of halogens is 2. The highest BCUT2D eigenvalue weighted by molar-refractivity contribution is 5.97. The Morgan fingerprint density at radius 2 is 2.00 bits per heavy atom. The second-order valence-corrected chi connectivity index (χ2v) is 3.13. The van der Waals surface area contributed by atoms with Gasteiger partial charge in [0.05, 0.1) is 5.57 Å². The lowest BCUT2D eigenvalue weighted by Crippen LogP contribution is -2.21. The molecule has 0 unspecified atom stereocenters. The molecular weight excluding hydrogens is 228 g/mol. The van der Waals surface area contributed by atoms with E-state index < -0.39 is 17.5 Å². The third kappa shape index (κ3) is 2.81. The maximum atomic E-state index is 13.1. The van der Waals surface area contributed by atoms with E-state index in [0.29, 0.717) is 0 Å². The number of hydrogen-bond donors (Lipinski definition) is 1. The molecule has 0 radical (unpaired) electrons. The predicted octanol–water partition coefficient (Wildman–Crippen LogP) is 2.25. The van der Waals surface area contributed by atoms with E-state index in [0.717, 1.165) is 12.1 Å². The normalized spacial score (nSPS) is 12.6. The van der Waals surface area contributed by atoms with Crippen LogP contribution >= 0.6 is 0 Å². The van der Waals surface area contributed by atoms with Gasteiger partial charge in [-0.25, -0.2) is 8.78 Å². The lowest BCUT2D eigenvalue weighted by atomic mass is 10.1. The van der Waals surface area contributed by atoms with Crippen molar-refractivity contribution in [2.45, 2.75) is 13.8 Å². The second-order valence-electron chi connectivity index (χ2n) is 3.13. The van der Waals surface area contributed by atoms with E-state index in [9.17, 15) is 13.6 Å². The van der Waals surface area contributed by atoms with Crippen molar-refractivity contribution in [3.8, 4) is 5.75 Å². The Labute approximate surface area is 97.9 Å². The van der Waals surface area contributed by atoms with Gasteiger partial charge in [0.15, 0.2) is 11.6 Å². The van der Waals surface area contributed by atoms with Crippen LogP contribution < -0.4 is 10.5 Å². The monoisotopic (exact) mass is 241 g/mol. The summed E-state index contributed by atoms with van der Waals surface area (Å²) >= 11 is 0. The largest absolute Gasteiger partial charge is 0.485 e. The molecule has 1 aromatic rings. The minimum absolute atomic E-state index is 0.0543. The third-order valence-electron chi connectivity index (χ3n) is 2.06. The first kappa shape index (κ1) is 13.2. The van der Waals surface area contributed by atoms with Crippen LogP contribution in [0.15, 0.2) is 17.7 Å². The first-order valence-corrected chi connectivity index (χ1v) is 5.20. The van der Waals surface area contributed by atoms with Crippen molar-refractivity contribution in [1.82, 2.24) is 0 Å². The summed E-state index contributed by atoms with van der Waals surface area (Å²) in [5, 5.41) is 0. The molecule has 1 aliphatic rings. The van der Waals surface area contributed by atoms with Crippen molar-refractivity contribution in [1.29, 1.82) is 0 Å². The topological polar surface area (TPSA) is 52.3 Å². The van der Waals surface area contributed by atoms with Crippen LogP contribution in [0.3, 0.4) is 0 Å². The number of rotatable bonds is 1. The smallest absolute Gasteiger partial charge is 0.248 e. The van der Waals surface area contributed by atoms with E-state index in [4.69, 9.17) is 10.5 Å². The van der Waals surface area contributed by atoms with Crippen LogP contribution in [0.5, 0.6) is 5.75 Å². The minimum Gasteiger partial charge on any atom is -0.485 e. The van der Waals surface area contributed by atoms with Crippen molar-refractivity contribution in [2.24, 2.45) is 5.73 Å². The molecule has 0 bridgehead atoms. The highest BCUT2D eigenvalue weighted by atomic mass is 19.1. The maximum absolute atomic E-state index is 13.1. The standard InChI is InChI=1S/C10H7F2NO2.C2H6/c11-7-2-5-1-6(10(13)14)4-15-9(5)8(12)3-7;1-2/h1-3H,4H2,(H2,13,14);1-2H3. The highest BCUT2D eigenvalue weighted by Crippen LogP contribution is 2.29. The second kappa shape index (κ2) is 5.43. The summed E-state index contributed by atoms with van der Waals surface area (Å²) in [6.45, 7) is 3.91. The Hall–Kier alpha value is -1.91. The fraction of sp³-hybridized carbons (Fsp3) is 0.250. The Morgan fingerprint density at radius 3 is 2.59 bits per heavy atom. The molecular formula is C12H13F2NO2. The lowest BCUT2D eigenvalue weighted by Gasteiger charge is -2.16. The van der Waals surface area contributed by atoms with E-state index >= 15 is 0 Å². The average Bonchev–Trinajstić information content (AvgIpc) is 2.30. The van der Waals surface area contributed by atoms with Crippen molar-refractivity contribution >= 4 is 12.0 Å². The summed E-state index contributed by atoms with van der Waals surface area (Å²) in [7, 11) is 0. The molecule has 2 rings (SSSR count). The molecule has 3 nitrogen and oxygen atoms in total. The van der Waals surface area contributed by atoms with Crippen LogP contribution in [-0.2, 0) is 4.79 Å². The van der Waals surface area contributed by atoms with E-state index in [1.165, 1.54) is 6.08 Å². The SMILES string of the molecule is CC.NC(=O)C1=Cc2cc(F)cc(F)c2OC1. The zero-order valence-corrected chi connectivity index (χ0v) is 9.59. The van der Waals surface area contributed by atoms with E-state index in [2.05, 4.69) is 0 Å². The van der Waals surface area contributed by atoms with Crippen LogP contribution in [0.1, 0.15) is 19.4 Å². The van der Waals surface area contributed by atoms with Gasteiger partial charge in [-0.15, -0.1) is 0 Å². The lowest BCUT2D eigenvalue weighted by molar-refractivity contribution is -0.114. The van der Waals surface area contributed by atoms with Crippen molar-refractivity contribution in [3.05, 3.63) is 34.9 Å². The Morgan fingerprint density at radius 1 is 1.35 bits per heavy atom. The predicted molar refractivity (Wildman–Crippen MR) is 60.4 cm³/mol. The molecule has 0 aromatic heterocycles. The first-order valence-electron chi connectivity index (χ1n) is 5.20. The van der Waals surface area contributed by atoms with Gasteiger partial charge in [0.25, 0.3) is 0 Å². The molecule has 1 aromatic carbocycles. The Bertz CT molecular complexity index is 470. The van der Waals surface area contributed by atoms with Crippen LogP contribution in [-0.4, -0.2) is 12.5 Å². The van der Waals surface area contributed by atoms with Gasteiger partial charge in [-0.2, -0.15) is 0 Å². The van der Waals surface area contributed by atoms with Crippen LogP contribution in [0.2, 0.25) is 0 Å². The van der Waals surface area contributed by atoms with E-state index in [1.54, 1.807) is 0 Å². The summed E-state index contributed by atoms with van der Waals surface area (Å²) in [6.07, 6.45) is 1.33. The highest BCUT2D eigenvalue weighted by Gasteiger charge is 2.19. The van der Waals surface area contributed by atoms with Crippen molar-refractivity contribution in [2.75, 3.05) is 6.61 Å². The summed E-state index contributed by atoms with van der Waals surface area (Å²) in [5.41, 5.74) is 5.40. The van der Waals surface area contributed by atoms with Crippen LogP contribution in [0, 0.1) is 11.6 Å². The molecule has 0 spiro atoms. The summed E-state index contributed by atoms with van der Waals surface area (Å²) in [4.78, 5) is 10.8. The Balaban J connectivity index is 0.000000686. The molecule has 1 heterocycles. The molecule has 5 heteroatoms. The number of primary amides is 1. The van der Waals surface area contributed by atoms with Crippen molar-refractivity contribution < 1.29 is 18.3 Å². The molecule has 0 saturated heterocycles. The van der Waals surface area contributed by atoms with Gasteiger partial charge in [-0.05, 0) is 12.1 Å². The number of carbonyl (C=O) groups is 1. The maximum Gasteiger partial charge on any atom is 0.248 e. The summed E-state index contributed by atoms with van der Waals surface area (Å²) in [6, 6.07) is 1.81. The van der Waals surface area contributed by atoms with Gasteiger partial charge in [-0.3, -0.25) is 4.79 Å². The summed E-state index contributed by atoms with van der Waals surface area (Å²) < 4.78 is 31.0. The number of carbonyl (C=O) groups excluding carboxylic acids is 1. The number of hydrogen-bond acceptors (Lipinski definition) is 2. The van der Waals surface area contributed by atoms with Gasteiger partial charge in [0, 0.05) is 11.6 Å². The molecule has 92 valence electrons. The first-order chi connectivity index (χ1) is 8.08. The number of benzene rings is 1.